The number of carbonyl (C=O) groups is 1. The summed E-state index contributed by atoms with van der Waals surface area (Å²) in [5.74, 6) is 5.98. The number of aromatic nitrogens is 3. The van der Waals surface area contributed by atoms with Gasteiger partial charge in [-0.15, -0.1) is 0 Å². The number of methoxy groups -OCH3 is 1. The summed E-state index contributed by atoms with van der Waals surface area (Å²) in [6, 6.07) is 7.75. The number of hydrogen-bond donors (Lipinski definition) is 2. The number of Topliss-reactive ketones (excluding diaryl/α,β-unsaturated/α-hetero) is 1. The molecule has 3 N–H and O–H groups in total. The van der Waals surface area contributed by atoms with Crippen LogP contribution >= 0.6 is 0 Å². The van der Waals surface area contributed by atoms with Crippen molar-refractivity contribution < 1.29 is 14.6 Å². The summed E-state index contributed by atoms with van der Waals surface area (Å²) >= 11 is 0. The van der Waals surface area contributed by atoms with Crippen molar-refractivity contribution in [1.29, 1.82) is 0 Å². The molecule has 2 aromatic heterocycles. The van der Waals surface area contributed by atoms with Crippen LogP contribution in [-0.4, -0.2) is 38.6 Å². The molecule has 0 spiro atoms. The van der Waals surface area contributed by atoms with E-state index in [0.29, 0.717) is 28.9 Å². The van der Waals surface area contributed by atoms with Crippen molar-refractivity contribution in [3.05, 3.63) is 53.0 Å². The van der Waals surface area contributed by atoms with Gasteiger partial charge in [0.15, 0.2) is 5.78 Å². The Balaban J connectivity index is 1.85. The van der Waals surface area contributed by atoms with Crippen LogP contribution < -0.4 is 5.73 Å². The number of ether oxygens (including phenoxy) is 1. The number of ketones is 1. The van der Waals surface area contributed by atoms with Crippen molar-refractivity contribution in [2.24, 2.45) is 0 Å². The first-order valence-electron chi connectivity index (χ1n) is 10.3. The fourth-order valence-electron chi connectivity index (χ4n) is 3.82. The average Bonchev–Trinajstić information content (AvgIpc) is 3.36. The molecule has 1 aliphatic rings. The summed E-state index contributed by atoms with van der Waals surface area (Å²) in [5.41, 5.74) is 9.54. The summed E-state index contributed by atoms with van der Waals surface area (Å²) in [4.78, 5) is 22.1. The highest BCUT2D eigenvalue weighted by atomic mass is 16.5. The Morgan fingerprint density at radius 2 is 1.97 bits per heavy atom. The number of benzene rings is 1. The molecule has 1 fully saturated rings. The number of carbonyl (C=O) groups excluding carboxylic acids is 1. The van der Waals surface area contributed by atoms with Gasteiger partial charge >= 0.3 is 0 Å². The molecule has 2 heterocycles. The van der Waals surface area contributed by atoms with E-state index in [1.807, 2.05) is 28.8 Å². The van der Waals surface area contributed by atoms with Gasteiger partial charge in [-0.2, -0.15) is 0 Å². The van der Waals surface area contributed by atoms with Gasteiger partial charge in [-0.25, -0.2) is 9.97 Å². The quantitative estimate of drug-likeness (QED) is 0.471. The first-order valence-corrected chi connectivity index (χ1v) is 10.3. The minimum absolute atomic E-state index is 0.108. The molecular formula is C24H26N4O3. The number of nitrogens with two attached hydrogens (primary N) is 1. The van der Waals surface area contributed by atoms with Crippen molar-refractivity contribution in [3.8, 4) is 11.8 Å². The van der Waals surface area contributed by atoms with Gasteiger partial charge in [0, 0.05) is 19.1 Å². The van der Waals surface area contributed by atoms with E-state index in [-0.39, 0.29) is 23.6 Å². The number of aliphatic hydroxyl groups is 1. The Hall–Kier alpha value is -3.21. The maximum atomic E-state index is 13.5. The van der Waals surface area contributed by atoms with Crippen LogP contribution in [0.5, 0.6) is 0 Å². The Labute approximate surface area is 181 Å². The molecule has 7 nitrogen and oxygen atoms in total. The van der Waals surface area contributed by atoms with E-state index in [1.165, 1.54) is 6.33 Å². The van der Waals surface area contributed by atoms with Gasteiger partial charge in [0.25, 0.3) is 0 Å². The van der Waals surface area contributed by atoms with Gasteiger partial charge in [0.1, 0.15) is 29.6 Å². The molecule has 1 atom stereocenters. The van der Waals surface area contributed by atoms with Crippen LogP contribution in [-0.2, 0) is 23.3 Å². The second kappa shape index (κ2) is 8.14. The predicted octanol–water partition coefficient (Wildman–Crippen LogP) is 2.83. The normalized spacial score (nSPS) is 15.4. The topological polar surface area (TPSA) is 103 Å². The van der Waals surface area contributed by atoms with Crippen LogP contribution in [0.15, 0.2) is 30.6 Å². The fourth-order valence-corrected chi connectivity index (χ4v) is 3.82. The standard InChI is InChI=1S/C24H26N4O3/c1-15(29)4-9-18-20(19(30)12-16-5-7-17(8-6-16)13-31-3)21-22(25)26-14-27-23(21)28(18)24(2)10-11-24/h5-8,14-15,29H,10-13H2,1-3H3,(H2,25,26,27). The number of hydrogen-bond acceptors (Lipinski definition) is 6. The highest BCUT2D eigenvalue weighted by Gasteiger charge is 2.43. The van der Waals surface area contributed by atoms with Crippen LogP contribution in [0.4, 0.5) is 5.82 Å². The third-order valence-corrected chi connectivity index (χ3v) is 5.67. The molecule has 1 aromatic carbocycles. The SMILES string of the molecule is COCc1ccc(CC(=O)c2c(C#CC(C)O)n(C3(C)CC3)c3ncnc(N)c23)cc1. The lowest BCUT2D eigenvalue weighted by Crippen LogP contribution is -2.16. The highest BCUT2D eigenvalue weighted by Crippen LogP contribution is 2.47. The van der Waals surface area contributed by atoms with Gasteiger partial charge in [-0.05, 0) is 43.7 Å². The van der Waals surface area contributed by atoms with E-state index in [0.717, 1.165) is 24.0 Å². The van der Waals surface area contributed by atoms with E-state index in [9.17, 15) is 9.90 Å². The van der Waals surface area contributed by atoms with Gasteiger partial charge < -0.3 is 20.1 Å². The first-order chi connectivity index (χ1) is 14.8. The number of anilines is 1. The van der Waals surface area contributed by atoms with Crippen molar-refractivity contribution in [3.63, 3.8) is 0 Å². The summed E-state index contributed by atoms with van der Waals surface area (Å²) in [6.07, 6.45) is 2.70. The Morgan fingerprint density at radius 1 is 1.29 bits per heavy atom. The van der Waals surface area contributed by atoms with Crippen LogP contribution in [0.25, 0.3) is 11.0 Å². The molecule has 3 aromatic rings. The lowest BCUT2D eigenvalue weighted by Gasteiger charge is -2.14. The average molecular weight is 418 g/mol. The molecule has 1 aliphatic carbocycles. The van der Waals surface area contributed by atoms with Gasteiger partial charge in [-0.3, -0.25) is 4.79 Å². The second-order valence-electron chi connectivity index (χ2n) is 8.31. The van der Waals surface area contributed by atoms with E-state index in [1.54, 1.807) is 14.0 Å². The number of aliphatic hydroxyl groups excluding tert-OH is 1. The van der Waals surface area contributed by atoms with Gasteiger partial charge in [0.2, 0.25) is 0 Å². The summed E-state index contributed by atoms with van der Waals surface area (Å²) in [5, 5.41) is 10.3. The maximum absolute atomic E-state index is 13.5. The number of rotatable bonds is 6. The Morgan fingerprint density at radius 3 is 2.58 bits per heavy atom. The fraction of sp³-hybridized carbons (Fsp3) is 0.375. The zero-order valence-electron chi connectivity index (χ0n) is 18.0. The van der Waals surface area contributed by atoms with Crippen molar-refractivity contribution in [1.82, 2.24) is 14.5 Å². The zero-order chi connectivity index (χ0) is 22.2. The first kappa shape index (κ1) is 21.0. The maximum Gasteiger partial charge on any atom is 0.170 e. The van der Waals surface area contributed by atoms with Crippen LogP contribution in [0.1, 0.15) is 53.9 Å². The zero-order valence-corrected chi connectivity index (χ0v) is 18.0. The van der Waals surface area contributed by atoms with E-state index in [4.69, 9.17) is 10.5 Å². The van der Waals surface area contributed by atoms with Crippen molar-refractivity contribution >= 4 is 22.6 Å². The number of nitrogen functional groups attached to an aromatic ring is 1. The molecule has 160 valence electrons. The van der Waals surface area contributed by atoms with Crippen molar-refractivity contribution in [2.45, 2.75) is 51.4 Å². The molecule has 0 amide bonds. The smallest absolute Gasteiger partial charge is 0.170 e. The molecular weight excluding hydrogens is 392 g/mol. The van der Waals surface area contributed by atoms with Crippen LogP contribution in [0.3, 0.4) is 0 Å². The lowest BCUT2D eigenvalue weighted by atomic mass is 10.00. The van der Waals surface area contributed by atoms with Crippen molar-refractivity contribution in [2.75, 3.05) is 12.8 Å². The molecule has 1 saturated carbocycles. The highest BCUT2D eigenvalue weighted by molar-refractivity contribution is 6.13. The van der Waals surface area contributed by atoms with Crippen LogP contribution in [0.2, 0.25) is 0 Å². The van der Waals surface area contributed by atoms with E-state index in [2.05, 4.69) is 28.7 Å². The molecule has 0 bridgehead atoms. The minimum atomic E-state index is -0.821. The summed E-state index contributed by atoms with van der Waals surface area (Å²) in [7, 11) is 1.65. The summed E-state index contributed by atoms with van der Waals surface area (Å²) in [6.45, 7) is 4.23. The molecule has 7 heteroatoms. The molecule has 0 aliphatic heterocycles. The van der Waals surface area contributed by atoms with E-state index >= 15 is 0 Å². The molecule has 0 radical (unpaired) electrons. The predicted molar refractivity (Wildman–Crippen MR) is 119 cm³/mol. The lowest BCUT2D eigenvalue weighted by molar-refractivity contribution is 0.0994. The molecule has 31 heavy (non-hydrogen) atoms. The minimum Gasteiger partial charge on any atom is -0.383 e. The number of fused-ring (bicyclic) bond motifs is 1. The Kier molecular flexibility index (Phi) is 5.52. The second-order valence-corrected chi connectivity index (χ2v) is 8.31. The molecule has 0 saturated heterocycles. The van der Waals surface area contributed by atoms with Gasteiger partial charge in [0.05, 0.1) is 17.6 Å². The third-order valence-electron chi connectivity index (χ3n) is 5.67. The van der Waals surface area contributed by atoms with Crippen LogP contribution in [0, 0.1) is 11.8 Å². The number of nitrogens with zero attached hydrogens (tertiary/aromatic N) is 3. The monoisotopic (exact) mass is 418 g/mol. The Bertz CT molecular complexity index is 1200. The van der Waals surface area contributed by atoms with E-state index < -0.39 is 6.10 Å². The molecule has 4 rings (SSSR count). The third kappa shape index (κ3) is 4.05. The molecule has 1 unspecified atom stereocenters. The largest absolute Gasteiger partial charge is 0.383 e. The van der Waals surface area contributed by atoms with Gasteiger partial charge in [-0.1, -0.05) is 30.2 Å². The summed E-state index contributed by atoms with van der Waals surface area (Å²) < 4.78 is 7.15.